The number of anilines is 1. The largest absolute Gasteiger partial charge is 0.361 e. The van der Waals surface area contributed by atoms with E-state index in [1.54, 1.807) is 12.3 Å². The molecule has 0 radical (unpaired) electrons. The maximum Gasteiger partial charge on any atom is 0.274 e. The minimum atomic E-state index is -0.241. The number of aromatic amines is 1. The lowest BCUT2D eigenvalue weighted by Gasteiger charge is -2.04. The van der Waals surface area contributed by atoms with Crippen LogP contribution in [0.4, 0.5) is 5.69 Å². The highest BCUT2D eigenvalue weighted by Crippen LogP contribution is 2.21. The number of carbonyl (C=O) groups is 1. The summed E-state index contributed by atoms with van der Waals surface area (Å²) in [6.45, 7) is 2.02. The average Bonchev–Trinajstić information content (AvgIpc) is 2.81. The molecule has 1 amide bonds. The van der Waals surface area contributed by atoms with Gasteiger partial charge in [-0.25, -0.2) is 9.97 Å². The summed E-state index contributed by atoms with van der Waals surface area (Å²) in [5, 5.41) is 3.92. The third-order valence-electron chi connectivity index (χ3n) is 2.96. The van der Waals surface area contributed by atoms with E-state index < -0.39 is 0 Å². The number of rotatable bonds is 2. The topological polar surface area (TPSA) is 70.7 Å². The van der Waals surface area contributed by atoms with Crippen molar-refractivity contribution in [1.82, 2.24) is 15.0 Å². The van der Waals surface area contributed by atoms with Crippen LogP contribution in [0.5, 0.6) is 0 Å². The van der Waals surface area contributed by atoms with Crippen LogP contribution >= 0.6 is 0 Å². The molecule has 5 nitrogen and oxygen atoms in total. The summed E-state index contributed by atoms with van der Waals surface area (Å²) in [6, 6.07) is 7.32. The third kappa shape index (κ3) is 2.18. The summed E-state index contributed by atoms with van der Waals surface area (Å²) < 4.78 is 0. The predicted octanol–water partition coefficient (Wildman–Crippen LogP) is 2.52. The highest BCUT2D eigenvalue weighted by Gasteiger charge is 2.08. The van der Waals surface area contributed by atoms with E-state index in [-0.39, 0.29) is 5.91 Å². The quantitative estimate of drug-likeness (QED) is 0.736. The number of hydrogen-bond acceptors (Lipinski definition) is 3. The van der Waals surface area contributed by atoms with Crippen molar-refractivity contribution in [2.75, 3.05) is 5.32 Å². The Balaban J connectivity index is 1.89. The molecule has 0 bridgehead atoms. The first-order chi connectivity index (χ1) is 9.24. The Morgan fingerprint density at radius 2 is 2.21 bits per heavy atom. The van der Waals surface area contributed by atoms with Gasteiger partial charge >= 0.3 is 0 Å². The molecular weight excluding hydrogens is 240 g/mol. The normalized spacial score (nSPS) is 10.6. The minimum Gasteiger partial charge on any atom is -0.361 e. The summed E-state index contributed by atoms with van der Waals surface area (Å²) in [7, 11) is 0. The molecule has 2 N–H and O–H groups in total. The minimum absolute atomic E-state index is 0.241. The fourth-order valence-electron chi connectivity index (χ4n) is 1.96. The van der Waals surface area contributed by atoms with E-state index >= 15 is 0 Å². The molecule has 2 aromatic heterocycles. The van der Waals surface area contributed by atoms with Crippen molar-refractivity contribution in [2.24, 2.45) is 0 Å². The van der Waals surface area contributed by atoms with Crippen LogP contribution in [0, 0.1) is 6.92 Å². The van der Waals surface area contributed by atoms with Crippen molar-refractivity contribution in [3.05, 3.63) is 54.2 Å². The molecule has 0 atom stereocenters. The molecule has 3 rings (SSSR count). The van der Waals surface area contributed by atoms with Gasteiger partial charge in [-0.05, 0) is 36.8 Å². The van der Waals surface area contributed by atoms with E-state index in [0.717, 1.165) is 22.2 Å². The van der Waals surface area contributed by atoms with E-state index in [9.17, 15) is 4.79 Å². The first kappa shape index (κ1) is 11.4. The van der Waals surface area contributed by atoms with Gasteiger partial charge < -0.3 is 10.3 Å². The van der Waals surface area contributed by atoms with Gasteiger partial charge in [0.1, 0.15) is 12.0 Å². The summed E-state index contributed by atoms with van der Waals surface area (Å²) in [5.41, 5.74) is 3.30. The molecule has 0 aliphatic rings. The molecule has 94 valence electrons. The van der Waals surface area contributed by atoms with Crippen LogP contribution in [0.15, 0.2) is 43.0 Å². The molecule has 0 saturated carbocycles. The Morgan fingerprint density at radius 3 is 3.00 bits per heavy atom. The highest BCUT2D eigenvalue weighted by atomic mass is 16.1. The fraction of sp³-hybridized carbons (Fsp3) is 0.0714. The Kier molecular flexibility index (Phi) is 2.72. The number of H-pyrrole nitrogens is 1. The van der Waals surface area contributed by atoms with Crippen LogP contribution < -0.4 is 5.32 Å². The number of nitrogens with one attached hydrogen (secondary N) is 2. The van der Waals surface area contributed by atoms with Gasteiger partial charge in [-0.15, -0.1) is 0 Å². The lowest BCUT2D eigenvalue weighted by atomic mass is 10.1. The van der Waals surface area contributed by atoms with Crippen LogP contribution in [-0.2, 0) is 0 Å². The van der Waals surface area contributed by atoms with Crippen LogP contribution in [0.3, 0.4) is 0 Å². The smallest absolute Gasteiger partial charge is 0.274 e. The number of carbonyl (C=O) groups excluding carboxylic acids is 1. The lowest BCUT2D eigenvalue weighted by molar-refractivity contribution is 0.102. The van der Waals surface area contributed by atoms with Crippen LogP contribution in [0.1, 0.15) is 16.1 Å². The number of amides is 1. The fourth-order valence-corrected chi connectivity index (χ4v) is 1.96. The number of nitrogens with zero attached hydrogens (tertiary/aromatic N) is 2. The van der Waals surface area contributed by atoms with Gasteiger partial charge in [0, 0.05) is 29.0 Å². The molecule has 5 heteroatoms. The van der Waals surface area contributed by atoms with E-state index in [4.69, 9.17) is 0 Å². The SMILES string of the molecule is Cc1c[nH]c2ccc(NC(=O)c3ccncn3)cc12. The molecule has 0 aliphatic heterocycles. The van der Waals surface area contributed by atoms with Crippen molar-refractivity contribution < 1.29 is 4.79 Å². The molecular formula is C14H12N4O. The van der Waals surface area contributed by atoms with Gasteiger partial charge in [-0.3, -0.25) is 4.79 Å². The summed E-state index contributed by atoms with van der Waals surface area (Å²) in [6.07, 6.45) is 4.84. The summed E-state index contributed by atoms with van der Waals surface area (Å²) >= 11 is 0. The van der Waals surface area contributed by atoms with Gasteiger partial charge in [0.2, 0.25) is 0 Å². The number of hydrogen-bond donors (Lipinski definition) is 2. The first-order valence-electron chi connectivity index (χ1n) is 5.89. The van der Waals surface area contributed by atoms with Crippen molar-refractivity contribution >= 4 is 22.5 Å². The van der Waals surface area contributed by atoms with E-state index in [1.165, 1.54) is 6.33 Å². The Bertz CT molecular complexity index is 734. The van der Waals surface area contributed by atoms with Crippen LogP contribution in [-0.4, -0.2) is 20.9 Å². The second kappa shape index (κ2) is 4.53. The number of aromatic nitrogens is 3. The molecule has 0 spiro atoms. The van der Waals surface area contributed by atoms with Gasteiger partial charge in [0.05, 0.1) is 0 Å². The zero-order valence-electron chi connectivity index (χ0n) is 10.3. The van der Waals surface area contributed by atoms with E-state index in [1.807, 2.05) is 31.3 Å². The van der Waals surface area contributed by atoms with Crippen molar-refractivity contribution in [3.63, 3.8) is 0 Å². The van der Waals surface area contributed by atoms with E-state index in [0.29, 0.717) is 5.69 Å². The standard InChI is InChI=1S/C14H12N4O/c1-9-7-16-12-3-2-10(6-11(9)12)18-14(19)13-4-5-15-8-17-13/h2-8,16H,1H3,(H,18,19). The molecule has 1 aromatic carbocycles. The zero-order valence-corrected chi connectivity index (χ0v) is 10.3. The van der Waals surface area contributed by atoms with Crippen molar-refractivity contribution in [3.8, 4) is 0 Å². The average molecular weight is 252 g/mol. The number of benzene rings is 1. The molecule has 0 aliphatic carbocycles. The summed E-state index contributed by atoms with van der Waals surface area (Å²) in [4.78, 5) is 22.8. The maximum atomic E-state index is 12.0. The van der Waals surface area contributed by atoms with Crippen molar-refractivity contribution in [2.45, 2.75) is 6.92 Å². The molecule has 19 heavy (non-hydrogen) atoms. The molecule has 2 heterocycles. The number of aryl methyl sites for hydroxylation is 1. The molecule has 0 saturated heterocycles. The molecule has 3 aromatic rings. The monoisotopic (exact) mass is 252 g/mol. The zero-order chi connectivity index (χ0) is 13.2. The van der Waals surface area contributed by atoms with Gasteiger partial charge in [-0.1, -0.05) is 0 Å². The highest BCUT2D eigenvalue weighted by molar-refractivity contribution is 6.03. The Hall–Kier alpha value is -2.69. The third-order valence-corrected chi connectivity index (χ3v) is 2.96. The first-order valence-corrected chi connectivity index (χ1v) is 5.89. The predicted molar refractivity (Wildman–Crippen MR) is 73.0 cm³/mol. The van der Waals surface area contributed by atoms with Gasteiger partial charge in [-0.2, -0.15) is 0 Å². The molecule has 0 fully saturated rings. The second-order valence-corrected chi connectivity index (χ2v) is 4.28. The maximum absolute atomic E-state index is 12.0. The van der Waals surface area contributed by atoms with Crippen LogP contribution in [0.25, 0.3) is 10.9 Å². The molecule has 0 unspecified atom stereocenters. The summed E-state index contributed by atoms with van der Waals surface area (Å²) in [5.74, 6) is -0.241. The Morgan fingerprint density at radius 1 is 1.32 bits per heavy atom. The number of fused-ring (bicyclic) bond motifs is 1. The Labute approximate surface area is 109 Å². The van der Waals surface area contributed by atoms with Crippen LogP contribution in [0.2, 0.25) is 0 Å². The second-order valence-electron chi connectivity index (χ2n) is 4.28. The van der Waals surface area contributed by atoms with Gasteiger partial charge in [0.25, 0.3) is 5.91 Å². The lowest BCUT2D eigenvalue weighted by Crippen LogP contribution is -2.13. The van der Waals surface area contributed by atoms with E-state index in [2.05, 4.69) is 20.3 Å². The van der Waals surface area contributed by atoms with Gasteiger partial charge in [0.15, 0.2) is 0 Å². The van der Waals surface area contributed by atoms with Crippen molar-refractivity contribution in [1.29, 1.82) is 0 Å².